The van der Waals surface area contributed by atoms with Crippen molar-refractivity contribution in [2.24, 2.45) is 5.92 Å². The number of rotatable bonds is 4. The molecule has 84 valence electrons. The number of carbonyl (C=O) groups excluding carboxylic acids is 2. The predicted octanol–water partition coefficient (Wildman–Crippen LogP) is 1.45. The Morgan fingerprint density at radius 2 is 2.00 bits per heavy atom. The molecule has 0 spiro atoms. The maximum Gasteiger partial charge on any atom is 0.309 e. The maximum atomic E-state index is 11.4. The Bertz CT molecular complexity index is 257. The zero-order chi connectivity index (χ0) is 11.1. The summed E-state index contributed by atoms with van der Waals surface area (Å²) in [6, 6.07) is 0. The van der Waals surface area contributed by atoms with E-state index in [1.807, 2.05) is 6.08 Å². The molecule has 0 saturated heterocycles. The molecule has 0 aromatic carbocycles. The first-order valence-electron chi connectivity index (χ1n) is 5.15. The quantitative estimate of drug-likeness (QED) is 0.402. The van der Waals surface area contributed by atoms with Gasteiger partial charge in [-0.2, -0.15) is 0 Å². The Kier molecular flexibility index (Phi) is 4.87. The van der Waals surface area contributed by atoms with Crippen molar-refractivity contribution in [1.29, 1.82) is 0 Å². The second-order valence-electron chi connectivity index (χ2n) is 3.49. The van der Waals surface area contributed by atoms with Gasteiger partial charge in [-0.25, -0.2) is 0 Å². The van der Waals surface area contributed by atoms with Crippen LogP contribution in [0.25, 0.3) is 0 Å². The summed E-state index contributed by atoms with van der Waals surface area (Å²) >= 11 is 0. The highest BCUT2D eigenvalue weighted by Crippen LogP contribution is 2.19. The van der Waals surface area contributed by atoms with Gasteiger partial charge in [-0.05, 0) is 19.3 Å². The number of carbonyl (C=O) groups is 2. The van der Waals surface area contributed by atoms with Crippen LogP contribution in [0, 0.1) is 5.92 Å². The largest absolute Gasteiger partial charge is 0.462 e. The number of allylic oxidation sites excluding steroid dienone is 2. The lowest BCUT2D eigenvalue weighted by atomic mass is 9.95. The molecule has 15 heavy (non-hydrogen) atoms. The second-order valence-corrected chi connectivity index (χ2v) is 3.49. The fourth-order valence-corrected chi connectivity index (χ4v) is 1.45. The Morgan fingerprint density at radius 1 is 1.27 bits per heavy atom. The molecule has 0 fully saturated rings. The standard InChI is InChI=1S/C11H16O4/c1-9(12)14-7-8-15-11(13)10-5-3-2-4-6-10/h2-3,10H,4-8H2,1H3. The molecule has 0 amide bonds. The first-order chi connectivity index (χ1) is 7.20. The third-order valence-corrected chi connectivity index (χ3v) is 2.24. The minimum absolute atomic E-state index is 0.0210. The molecule has 1 atom stereocenters. The monoisotopic (exact) mass is 212 g/mol. The normalized spacial score (nSPS) is 19.7. The molecule has 0 aromatic rings. The molecule has 4 heteroatoms. The van der Waals surface area contributed by atoms with Crippen molar-refractivity contribution in [2.75, 3.05) is 13.2 Å². The molecule has 0 bridgehead atoms. The van der Waals surface area contributed by atoms with Crippen LogP contribution in [-0.2, 0) is 19.1 Å². The van der Waals surface area contributed by atoms with Crippen molar-refractivity contribution >= 4 is 11.9 Å². The van der Waals surface area contributed by atoms with Crippen LogP contribution in [0.3, 0.4) is 0 Å². The molecule has 0 aromatic heterocycles. The van der Waals surface area contributed by atoms with Crippen LogP contribution >= 0.6 is 0 Å². The van der Waals surface area contributed by atoms with Gasteiger partial charge in [-0.1, -0.05) is 12.2 Å². The average Bonchev–Trinajstić information content (AvgIpc) is 2.25. The van der Waals surface area contributed by atoms with Gasteiger partial charge in [-0.15, -0.1) is 0 Å². The van der Waals surface area contributed by atoms with Crippen LogP contribution in [-0.4, -0.2) is 25.2 Å². The molecular formula is C11H16O4. The van der Waals surface area contributed by atoms with Crippen molar-refractivity contribution in [3.05, 3.63) is 12.2 Å². The van der Waals surface area contributed by atoms with Crippen LogP contribution in [0.5, 0.6) is 0 Å². The van der Waals surface area contributed by atoms with Gasteiger partial charge in [0.25, 0.3) is 0 Å². The van der Waals surface area contributed by atoms with Crippen molar-refractivity contribution < 1.29 is 19.1 Å². The molecule has 0 heterocycles. The van der Waals surface area contributed by atoms with Crippen LogP contribution < -0.4 is 0 Å². The average molecular weight is 212 g/mol. The fraction of sp³-hybridized carbons (Fsp3) is 0.636. The summed E-state index contributed by atoms with van der Waals surface area (Å²) < 4.78 is 9.63. The van der Waals surface area contributed by atoms with Crippen molar-refractivity contribution in [1.82, 2.24) is 0 Å². The van der Waals surface area contributed by atoms with Crippen molar-refractivity contribution in [2.45, 2.75) is 26.2 Å². The summed E-state index contributed by atoms with van der Waals surface area (Å²) in [5, 5.41) is 0. The highest BCUT2D eigenvalue weighted by molar-refractivity contribution is 5.72. The molecule has 0 radical (unpaired) electrons. The van der Waals surface area contributed by atoms with Crippen LogP contribution in [0.1, 0.15) is 26.2 Å². The Balaban J connectivity index is 2.12. The van der Waals surface area contributed by atoms with Gasteiger partial charge in [0, 0.05) is 6.92 Å². The van der Waals surface area contributed by atoms with E-state index < -0.39 is 0 Å². The van der Waals surface area contributed by atoms with E-state index in [-0.39, 0.29) is 31.1 Å². The lowest BCUT2D eigenvalue weighted by molar-refractivity contribution is -0.154. The van der Waals surface area contributed by atoms with Crippen LogP contribution in [0.2, 0.25) is 0 Å². The molecule has 1 aliphatic carbocycles. The Morgan fingerprint density at radius 3 is 2.60 bits per heavy atom. The molecule has 0 aliphatic heterocycles. The van der Waals surface area contributed by atoms with Crippen molar-refractivity contribution in [3.63, 3.8) is 0 Å². The van der Waals surface area contributed by atoms with E-state index >= 15 is 0 Å². The number of esters is 2. The fourth-order valence-electron chi connectivity index (χ4n) is 1.45. The number of hydrogen-bond acceptors (Lipinski definition) is 4. The third-order valence-electron chi connectivity index (χ3n) is 2.24. The van der Waals surface area contributed by atoms with E-state index in [1.54, 1.807) is 0 Å². The van der Waals surface area contributed by atoms with E-state index in [2.05, 4.69) is 10.8 Å². The van der Waals surface area contributed by atoms with E-state index in [0.29, 0.717) is 0 Å². The maximum absolute atomic E-state index is 11.4. The van der Waals surface area contributed by atoms with Gasteiger partial charge >= 0.3 is 11.9 Å². The highest BCUT2D eigenvalue weighted by atomic mass is 16.6. The van der Waals surface area contributed by atoms with Gasteiger partial charge in [-0.3, -0.25) is 9.59 Å². The van der Waals surface area contributed by atoms with E-state index in [0.717, 1.165) is 19.3 Å². The third kappa shape index (κ3) is 4.63. The first-order valence-corrected chi connectivity index (χ1v) is 5.15. The topological polar surface area (TPSA) is 52.6 Å². The summed E-state index contributed by atoms with van der Waals surface area (Å²) in [6.07, 6.45) is 6.61. The zero-order valence-electron chi connectivity index (χ0n) is 8.90. The molecule has 1 aliphatic rings. The zero-order valence-corrected chi connectivity index (χ0v) is 8.90. The Hall–Kier alpha value is -1.32. The van der Waals surface area contributed by atoms with Gasteiger partial charge in [0.1, 0.15) is 13.2 Å². The van der Waals surface area contributed by atoms with Gasteiger partial charge in [0.2, 0.25) is 0 Å². The Labute approximate surface area is 89.2 Å². The minimum Gasteiger partial charge on any atom is -0.462 e. The lowest BCUT2D eigenvalue weighted by Gasteiger charge is -2.16. The predicted molar refractivity (Wildman–Crippen MR) is 54.1 cm³/mol. The molecule has 0 saturated carbocycles. The molecule has 1 unspecified atom stereocenters. The van der Waals surface area contributed by atoms with Gasteiger partial charge < -0.3 is 9.47 Å². The van der Waals surface area contributed by atoms with Crippen LogP contribution in [0.15, 0.2) is 12.2 Å². The van der Waals surface area contributed by atoms with E-state index in [4.69, 9.17) is 4.74 Å². The highest BCUT2D eigenvalue weighted by Gasteiger charge is 2.19. The molecular weight excluding hydrogens is 196 g/mol. The van der Waals surface area contributed by atoms with Crippen molar-refractivity contribution in [3.8, 4) is 0 Å². The summed E-state index contributed by atoms with van der Waals surface area (Å²) in [4.78, 5) is 21.9. The summed E-state index contributed by atoms with van der Waals surface area (Å²) in [6.45, 7) is 1.62. The number of ether oxygens (including phenoxy) is 2. The van der Waals surface area contributed by atoms with E-state index in [1.165, 1.54) is 6.92 Å². The first kappa shape index (κ1) is 11.8. The summed E-state index contributed by atoms with van der Waals surface area (Å²) in [5.41, 5.74) is 0. The molecule has 1 rings (SSSR count). The minimum atomic E-state index is -0.355. The van der Waals surface area contributed by atoms with Crippen LogP contribution in [0.4, 0.5) is 0 Å². The van der Waals surface area contributed by atoms with E-state index in [9.17, 15) is 9.59 Å². The SMILES string of the molecule is CC(=O)OCCOC(=O)C1CC=CCC1. The smallest absolute Gasteiger partial charge is 0.309 e. The molecule has 0 N–H and O–H groups in total. The lowest BCUT2D eigenvalue weighted by Crippen LogP contribution is -2.21. The van der Waals surface area contributed by atoms with Gasteiger partial charge in [0.05, 0.1) is 5.92 Å². The summed E-state index contributed by atoms with van der Waals surface area (Å²) in [7, 11) is 0. The second kappa shape index (κ2) is 6.22. The molecule has 4 nitrogen and oxygen atoms in total. The summed E-state index contributed by atoms with van der Waals surface area (Å²) in [5.74, 6) is -0.564. The van der Waals surface area contributed by atoms with Gasteiger partial charge in [0.15, 0.2) is 0 Å². The number of hydrogen-bond donors (Lipinski definition) is 0.